The molecule has 3 N–H and O–H groups in total. The zero-order chi connectivity index (χ0) is 23.1. The Bertz CT molecular complexity index is 1330. The Kier molecular flexibility index (Phi) is 5.42. The van der Waals surface area contributed by atoms with Gasteiger partial charge in [-0.05, 0) is 67.3 Å². The molecule has 0 spiro atoms. The fraction of sp³-hybridized carbons (Fsp3) is 0.231. The maximum Gasteiger partial charge on any atom is 0.165 e. The Morgan fingerprint density at radius 2 is 1.82 bits per heavy atom. The summed E-state index contributed by atoms with van der Waals surface area (Å²) >= 11 is 0. The van der Waals surface area contributed by atoms with Crippen molar-refractivity contribution in [1.82, 2.24) is 9.97 Å². The number of fused-ring (bicyclic) bond motifs is 1. The third-order valence-electron chi connectivity index (χ3n) is 6.16. The van der Waals surface area contributed by atoms with Crippen molar-refractivity contribution in [1.29, 1.82) is 0 Å². The molecule has 0 atom stereocenters. The highest BCUT2D eigenvalue weighted by Crippen LogP contribution is 2.39. The second-order valence-corrected chi connectivity index (χ2v) is 8.56. The number of pyridine rings is 2. The molecule has 0 unspecified atom stereocenters. The number of anilines is 1. The molecule has 2 aromatic carbocycles. The Hall–Kier alpha value is -3.58. The second-order valence-electron chi connectivity index (χ2n) is 8.56. The molecule has 3 heterocycles. The fourth-order valence-electron chi connectivity index (χ4n) is 4.47. The molecule has 0 bridgehead atoms. The lowest BCUT2D eigenvalue weighted by atomic mass is 9.98. The van der Waals surface area contributed by atoms with E-state index in [1.54, 1.807) is 18.3 Å². The van der Waals surface area contributed by atoms with Gasteiger partial charge in [-0.2, -0.15) is 0 Å². The fourth-order valence-corrected chi connectivity index (χ4v) is 4.47. The van der Waals surface area contributed by atoms with Gasteiger partial charge in [0.1, 0.15) is 11.3 Å². The molecule has 5 rings (SSSR count). The molecule has 1 aliphatic rings. The van der Waals surface area contributed by atoms with E-state index in [4.69, 9.17) is 10.7 Å². The molecular formula is C26H24F2N4O. The first-order valence-corrected chi connectivity index (χ1v) is 11.0. The lowest BCUT2D eigenvalue weighted by Crippen LogP contribution is -2.40. The highest BCUT2D eigenvalue weighted by Gasteiger charge is 2.24. The zero-order valence-corrected chi connectivity index (χ0v) is 18.2. The molecule has 0 saturated carbocycles. The first kappa shape index (κ1) is 21.3. The maximum absolute atomic E-state index is 14.3. The second kappa shape index (κ2) is 8.41. The summed E-state index contributed by atoms with van der Waals surface area (Å²) in [7, 11) is 0. The number of nitrogens with two attached hydrogens (primary N) is 1. The van der Waals surface area contributed by atoms with Gasteiger partial charge in [-0.1, -0.05) is 12.1 Å². The van der Waals surface area contributed by atoms with Gasteiger partial charge in [0, 0.05) is 36.5 Å². The van der Waals surface area contributed by atoms with Crippen molar-refractivity contribution in [3.05, 3.63) is 71.9 Å². The van der Waals surface area contributed by atoms with Gasteiger partial charge in [0.05, 0.1) is 16.9 Å². The topological polar surface area (TPSA) is 75.3 Å². The molecule has 5 nitrogen and oxygen atoms in total. The van der Waals surface area contributed by atoms with Crippen LogP contribution in [-0.4, -0.2) is 34.2 Å². The third kappa shape index (κ3) is 4.00. The summed E-state index contributed by atoms with van der Waals surface area (Å²) in [6.45, 7) is 3.32. The minimum absolute atomic E-state index is 0.141. The Morgan fingerprint density at radius 3 is 2.58 bits per heavy atom. The zero-order valence-electron chi connectivity index (χ0n) is 18.2. The van der Waals surface area contributed by atoms with Crippen LogP contribution in [0.15, 0.2) is 54.7 Å². The Balaban J connectivity index is 1.76. The maximum atomic E-state index is 14.3. The van der Waals surface area contributed by atoms with Crippen molar-refractivity contribution in [3.8, 4) is 28.1 Å². The number of hydrogen-bond donors (Lipinski definition) is 2. The van der Waals surface area contributed by atoms with Crippen LogP contribution in [0.25, 0.3) is 33.4 Å². The summed E-state index contributed by atoms with van der Waals surface area (Å²) in [5, 5.41) is 10.3. The van der Waals surface area contributed by atoms with Crippen molar-refractivity contribution in [2.75, 3.05) is 18.0 Å². The van der Waals surface area contributed by atoms with E-state index in [1.165, 1.54) is 24.3 Å². The quantitative estimate of drug-likeness (QED) is 0.453. The van der Waals surface area contributed by atoms with E-state index in [-0.39, 0.29) is 11.9 Å². The highest BCUT2D eigenvalue weighted by atomic mass is 19.1. The van der Waals surface area contributed by atoms with E-state index in [9.17, 15) is 13.9 Å². The smallest absolute Gasteiger partial charge is 0.165 e. The average Bonchev–Trinajstić information content (AvgIpc) is 2.80. The van der Waals surface area contributed by atoms with Crippen LogP contribution in [0.1, 0.15) is 18.4 Å². The number of hydrogen-bond acceptors (Lipinski definition) is 5. The number of aromatic nitrogens is 2. The highest BCUT2D eigenvalue weighted by molar-refractivity contribution is 5.98. The number of para-hydroxylation sites is 1. The molecular weight excluding hydrogens is 422 g/mol. The summed E-state index contributed by atoms with van der Waals surface area (Å²) in [6, 6.07) is 12.9. The monoisotopic (exact) mass is 446 g/mol. The number of piperidine rings is 1. The number of rotatable bonds is 3. The van der Waals surface area contributed by atoms with Gasteiger partial charge in [0.25, 0.3) is 0 Å². The summed E-state index contributed by atoms with van der Waals surface area (Å²) in [5.74, 6) is -1.47. The molecule has 168 valence electrons. The molecule has 2 aromatic heterocycles. The van der Waals surface area contributed by atoms with Crippen LogP contribution in [0.5, 0.6) is 5.75 Å². The largest absolute Gasteiger partial charge is 0.504 e. The van der Waals surface area contributed by atoms with Gasteiger partial charge in [-0.25, -0.2) is 13.8 Å². The third-order valence-corrected chi connectivity index (χ3v) is 6.16. The van der Waals surface area contributed by atoms with E-state index in [0.717, 1.165) is 42.7 Å². The molecule has 7 heteroatoms. The van der Waals surface area contributed by atoms with Crippen LogP contribution < -0.4 is 10.6 Å². The Labute approximate surface area is 190 Å². The lowest BCUT2D eigenvalue weighted by molar-refractivity contribution is 0.434. The minimum atomic E-state index is -0.707. The van der Waals surface area contributed by atoms with Gasteiger partial charge in [-0.15, -0.1) is 0 Å². The van der Waals surface area contributed by atoms with Gasteiger partial charge >= 0.3 is 0 Å². The standard InChI is InChI=1S/C26H24F2N4O/c1-15-11-16(13-17(27)12-15)20-14-30-23-6-5-22(19-3-2-4-21(28)26(19)33)31-24(23)25(20)32-9-7-18(29)8-10-32/h2-6,11-14,18,33H,7-10,29H2,1H3. The van der Waals surface area contributed by atoms with Crippen LogP contribution in [0.2, 0.25) is 0 Å². The molecule has 4 aromatic rings. The molecule has 1 fully saturated rings. The van der Waals surface area contributed by atoms with Crippen LogP contribution in [-0.2, 0) is 0 Å². The van der Waals surface area contributed by atoms with Gasteiger partial charge < -0.3 is 15.7 Å². The molecule has 0 aliphatic carbocycles. The number of phenols is 1. The van der Waals surface area contributed by atoms with Crippen molar-refractivity contribution in [2.24, 2.45) is 5.73 Å². The van der Waals surface area contributed by atoms with E-state index < -0.39 is 11.6 Å². The van der Waals surface area contributed by atoms with E-state index >= 15 is 0 Å². The number of halogens is 2. The predicted molar refractivity (Wildman–Crippen MR) is 126 cm³/mol. The predicted octanol–water partition coefficient (Wildman–Crippen LogP) is 5.18. The van der Waals surface area contributed by atoms with Crippen LogP contribution >= 0.6 is 0 Å². The van der Waals surface area contributed by atoms with Gasteiger partial charge in [0.2, 0.25) is 0 Å². The van der Waals surface area contributed by atoms with Crippen molar-refractivity contribution in [2.45, 2.75) is 25.8 Å². The average molecular weight is 447 g/mol. The number of nitrogens with zero attached hydrogens (tertiary/aromatic N) is 3. The summed E-state index contributed by atoms with van der Waals surface area (Å²) < 4.78 is 28.3. The first-order chi connectivity index (χ1) is 15.9. The molecule has 0 radical (unpaired) electrons. The molecule has 1 aliphatic heterocycles. The van der Waals surface area contributed by atoms with Crippen LogP contribution in [0.3, 0.4) is 0 Å². The summed E-state index contributed by atoms with van der Waals surface area (Å²) in [5.41, 5.74) is 11.3. The number of aryl methyl sites for hydroxylation is 1. The molecule has 33 heavy (non-hydrogen) atoms. The van der Waals surface area contributed by atoms with Gasteiger partial charge in [0.15, 0.2) is 11.6 Å². The van der Waals surface area contributed by atoms with Crippen molar-refractivity contribution >= 4 is 16.7 Å². The normalized spacial score (nSPS) is 14.7. The number of phenolic OH excluding ortho intramolecular Hbond substituents is 1. The summed E-state index contributed by atoms with van der Waals surface area (Å²) in [6.07, 6.45) is 3.41. The van der Waals surface area contributed by atoms with Gasteiger partial charge in [-0.3, -0.25) is 4.98 Å². The van der Waals surface area contributed by atoms with E-state index in [0.29, 0.717) is 27.9 Å². The lowest BCUT2D eigenvalue weighted by Gasteiger charge is -2.34. The first-order valence-electron chi connectivity index (χ1n) is 11.0. The molecule has 1 saturated heterocycles. The van der Waals surface area contributed by atoms with E-state index in [1.807, 2.05) is 19.1 Å². The van der Waals surface area contributed by atoms with E-state index in [2.05, 4.69) is 9.88 Å². The van der Waals surface area contributed by atoms with Crippen LogP contribution in [0.4, 0.5) is 14.5 Å². The number of benzene rings is 2. The Morgan fingerprint density at radius 1 is 1.03 bits per heavy atom. The van der Waals surface area contributed by atoms with Crippen molar-refractivity contribution in [3.63, 3.8) is 0 Å². The molecule has 0 amide bonds. The minimum Gasteiger partial charge on any atom is -0.504 e. The SMILES string of the molecule is Cc1cc(F)cc(-c2cnc3ccc(-c4cccc(F)c4O)nc3c2N2CCC(N)CC2)c1. The summed E-state index contributed by atoms with van der Waals surface area (Å²) in [4.78, 5) is 11.6. The number of aromatic hydroxyl groups is 1. The van der Waals surface area contributed by atoms with Crippen molar-refractivity contribution < 1.29 is 13.9 Å². The van der Waals surface area contributed by atoms with Crippen LogP contribution in [0, 0.1) is 18.6 Å².